The lowest BCUT2D eigenvalue weighted by Crippen LogP contribution is -1.84. The lowest BCUT2D eigenvalue weighted by Gasteiger charge is -1.89. The van der Waals surface area contributed by atoms with Crippen LogP contribution in [0.4, 0.5) is 0 Å². The van der Waals surface area contributed by atoms with E-state index in [4.69, 9.17) is 9.47 Å². The van der Waals surface area contributed by atoms with Gasteiger partial charge in [0.2, 0.25) is 0 Å². The number of hydrogen-bond donors (Lipinski definition) is 0. The number of rotatable bonds is 3. The maximum absolute atomic E-state index is 4.94. The van der Waals surface area contributed by atoms with Crippen LogP contribution in [0, 0.1) is 0 Å². The molecule has 11 heavy (non-hydrogen) atoms. The molecule has 0 aromatic heterocycles. The average Bonchev–Trinajstić information content (AvgIpc) is 2.57. The minimum atomic E-state index is 0.913. The first-order valence-electron chi connectivity index (χ1n) is 4.48. The summed E-state index contributed by atoms with van der Waals surface area (Å²) in [6.45, 7) is 5.07. The molecule has 0 spiro atoms. The fourth-order valence-electron chi connectivity index (χ4n) is 0.799. The molecule has 1 aliphatic heterocycles. The highest BCUT2D eigenvalue weighted by atomic mass is 16.5. The summed E-state index contributed by atoms with van der Waals surface area (Å²) in [7, 11) is 1.73. The van der Waals surface area contributed by atoms with Crippen molar-refractivity contribution in [2.24, 2.45) is 0 Å². The molecule has 1 fully saturated rings. The molecule has 68 valence electrons. The van der Waals surface area contributed by atoms with Gasteiger partial charge >= 0.3 is 0 Å². The Labute approximate surface area is 69.9 Å². The van der Waals surface area contributed by atoms with Gasteiger partial charge in [-0.15, -0.1) is 0 Å². The largest absolute Gasteiger partial charge is 0.385 e. The Morgan fingerprint density at radius 3 is 2.09 bits per heavy atom. The van der Waals surface area contributed by atoms with Gasteiger partial charge in [0.05, 0.1) is 0 Å². The molecule has 0 aromatic rings. The van der Waals surface area contributed by atoms with E-state index >= 15 is 0 Å². The molecule has 0 amide bonds. The molecule has 0 saturated carbocycles. The highest BCUT2D eigenvalue weighted by Crippen LogP contribution is 1.98. The summed E-state index contributed by atoms with van der Waals surface area (Å²) in [5.74, 6) is 0. The normalized spacial score (nSPS) is 15.8. The average molecular weight is 160 g/mol. The maximum atomic E-state index is 4.94. The minimum absolute atomic E-state index is 0.913. The van der Waals surface area contributed by atoms with Gasteiger partial charge in [0, 0.05) is 26.9 Å². The van der Waals surface area contributed by atoms with Crippen LogP contribution in [0.25, 0.3) is 0 Å². The second-order valence-corrected chi connectivity index (χ2v) is 2.67. The van der Waals surface area contributed by atoms with E-state index in [1.165, 1.54) is 25.7 Å². The van der Waals surface area contributed by atoms with E-state index in [9.17, 15) is 0 Å². The smallest absolute Gasteiger partial charge is 0.0466 e. The van der Waals surface area contributed by atoms with E-state index in [1.807, 2.05) is 0 Å². The van der Waals surface area contributed by atoms with Gasteiger partial charge in [-0.3, -0.25) is 0 Å². The number of ether oxygens (including phenoxy) is 2. The summed E-state index contributed by atoms with van der Waals surface area (Å²) in [5, 5.41) is 0. The van der Waals surface area contributed by atoms with Gasteiger partial charge in [-0.2, -0.15) is 0 Å². The summed E-state index contributed by atoms with van der Waals surface area (Å²) in [6.07, 6.45) is 4.98. The summed E-state index contributed by atoms with van der Waals surface area (Å²) in [5.41, 5.74) is 0. The molecule has 1 saturated heterocycles. The van der Waals surface area contributed by atoms with Crippen LogP contribution in [-0.4, -0.2) is 26.9 Å². The first-order valence-corrected chi connectivity index (χ1v) is 4.48. The van der Waals surface area contributed by atoms with Gasteiger partial charge in [0.15, 0.2) is 0 Å². The van der Waals surface area contributed by atoms with Gasteiger partial charge < -0.3 is 9.47 Å². The zero-order valence-electron chi connectivity index (χ0n) is 7.77. The third-order valence-electron chi connectivity index (χ3n) is 1.53. The van der Waals surface area contributed by atoms with Crippen molar-refractivity contribution in [1.82, 2.24) is 0 Å². The number of unbranched alkanes of at least 4 members (excludes halogenated alkanes) is 1. The van der Waals surface area contributed by atoms with E-state index in [2.05, 4.69) is 6.92 Å². The third-order valence-corrected chi connectivity index (χ3v) is 1.53. The lowest BCUT2D eigenvalue weighted by atomic mass is 10.4. The van der Waals surface area contributed by atoms with E-state index in [0.717, 1.165) is 19.8 Å². The van der Waals surface area contributed by atoms with E-state index in [0.29, 0.717) is 0 Å². The predicted octanol–water partition coefficient (Wildman–Crippen LogP) is 2.23. The summed E-state index contributed by atoms with van der Waals surface area (Å²) in [6, 6.07) is 0. The van der Waals surface area contributed by atoms with Crippen molar-refractivity contribution in [3.63, 3.8) is 0 Å². The van der Waals surface area contributed by atoms with Crippen molar-refractivity contribution in [2.75, 3.05) is 26.9 Å². The van der Waals surface area contributed by atoms with Crippen LogP contribution in [0.3, 0.4) is 0 Å². The van der Waals surface area contributed by atoms with E-state index < -0.39 is 0 Å². The number of methoxy groups -OCH3 is 1. The maximum Gasteiger partial charge on any atom is 0.0466 e. The molecule has 0 bridgehead atoms. The Morgan fingerprint density at radius 1 is 1.27 bits per heavy atom. The van der Waals surface area contributed by atoms with Gasteiger partial charge in [-0.1, -0.05) is 13.3 Å². The molecule has 2 heteroatoms. The Balaban J connectivity index is 0.000000183. The van der Waals surface area contributed by atoms with Gasteiger partial charge in [0.1, 0.15) is 0 Å². The molecule has 0 radical (unpaired) electrons. The van der Waals surface area contributed by atoms with E-state index in [1.54, 1.807) is 7.11 Å². The fourth-order valence-corrected chi connectivity index (χ4v) is 0.799. The Hall–Kier alpha value is -0.0800. The van der Waals surface area contributed by atoms with Crippen molar-refractivity contribution < 1.29 is 9.47 Å². The van der Waals surface area contributed by atoms with Crippen molar-refractivity contribution in [1.29, 1.82) is 0 Å². The second-order valence-electron chi connectivity index (χ2n) is 2.67. The first-order chi connectivity index (χ1) is 5.41. The zero-order chi connectivity index (χ0) is 8.36. The van der Waals surface area contributed by atoms with Crippen LogP contribution < -0.4 is 0 Å². The van der Waals surface area contributed by atoms with E-state index in [-0.39, 0.29) is 0 Å². The molecule has 0 atom stereocenters. The third kappa shape index (κ3) is 9.92. The van der Waals surface area contributed by atoms with Crippen LogP contribution >= 0.6 is 0 Å². The lowest BCUT2D eigenvalue weighted by molar-refractivity contribution is 0.194. The van der Waals surface area contributed by atoms with Crippen LogP contribution in [-0.2, 0) is 9.47 Å². The molecular weight excluding hydrogens is 140 g/mol. The summed E-state index contributed by atoms with van der Waals surface area (Å²) >= 11 is 0. The fraction of sp³-hybridized carbons (Fsp3) is 1.00. The predicted molar refractivity (Wildman–Crippen MR) is 46.8 cm³/mol. The highest BCUT2D eigenvalue weighted by molar-refractivity contribution is 4.43. The van der Waals surface area contributed by atoms with Crippen molar-refractivity contribution in [2.45, 2.75) is 32.6 Å². The molecule has 0 N–H and O–H groups in total. The van der Waals surface area contributed by atoms with Crippen molar-refractivity contribution in [3.05, 3.63) is 0 Å². The molecule has 1 aliphatic rings. The first kappa shape index (κ1) is 10.9. The molecule has 0 aliphatic carbocycles. The summed E-state index contributed by atoms with van der Waals surface area (Å²) < 4.78 is 9.73. The Morgan fingerprint density at radius 2 is 1.91 bits per heavy atom. The Kier molecular flexibility index (Phi) is 9.85. The SMILES string of the molecule is C1CCOC1.CCCCOC. The van der Waals surface area contributed by atoms with Crippen LogP contribution in [0.15, 0.2) is 0 Å². The van der Waals surface area contributed by atoms with Gasteiger partial charge in [0.25, 0.3) is 0 Å². The Bertz CT molecular complexity index is 49.0. The van der Waals surface area contributed by atoms with Gasteiger partial charge in [-0.25, -0.2) is 0 Å². The summed E-state index contributed by atoms with van der Waals surface area (Å²) in [4.78, 5) is 0. The minimum Gasteiger partial charge on any atom is -0.385 e. The van der Waals surface area contributed by atoms with Crippen molar-refractivity contribution in [3.8, 4) is 0 Å². The van der Waals surface area contributed by atoms with Crippen LogP contribution in [0.5, 0.6) is 0 Å². The quantitative estimate of drug-likeness (QED) is 0.589. The highest BCUT2D eigenvalue weighted by Gasteiger charge is 1.94. The standard InChI is InChI=1S/C5H12O.C4H8O/c1-3-4-5-6-2;1-2-4-5-3-1/h3-5H2,1-2H3;1-4H2. The molecule has 1 rings (SSSR count). The van der Waals surface area contributed by atoms with Gasteiger partial charge in [-0.05, 0) is 19.3 Å². The second kappa shape index (κ2) is 9.92. The van der Waals surface area contributed by atoms with Crippen LogP contribution in [0.1, 0.15) is 32.6 Å². The topological polar surface area (TPSA) is 18.5 Å². The molecular formula is C9H20O2. The molecule has 1 heterocycles. The monoisotopic (exact) mass is 160 g/mol. The van der Waals surface area contributed by atoms with Crippen molar-refractivity contribution >= 4 is 0 Å². The zero-order valence-corrected chi connectivity index (χ0v) is 7.77. The molecule has 0 unspecified atom stereocenters. The molecule has 2 nitrogen and oxygen atoms in total. The van der Waals surface area contributed by atoms with Crippen LogP contribution in [0.2, 0.25) is 0 Å². The molecule has 0 aromatic carbocycles. The number of hydrogen-bond acceptors (Lipinski definition) is 2.